The number of benzene rings is 2. The average Bonchev–Trinajstić information content (AvgIpc) is 3.45. The fourth-order valence-corrected chi connectivity index (χ4v) is 3.86. The van der Waals surface area contributed by atoms with Gasteiger partial charge in [-0.2, -0.15) is 5.10 Å². The molecule has 0 unspecified atom stereocenters. The highest BCUT2D eigenvalue weighted by molar-refractivity contribution is 6.42. The van der Waals surface area contributed by atoms with Crippen LogP contribution in [0.5, 0.6) is 11.5 Å². The van der Waals surface area contributed by atoms with Crippen molar-refractivity contribution in [2.75, 3.05) is 27.3 Å². The van der Waals surface area contributed by atoms with E-state index >= 15 is 0 Å². The third-order valence-corrected chi connectivity index (χ3v) is 5.89. The van der Waals surface area contributed by atoms with Crippen molar-refractivity contribution in [1.82, 2.24) is 14.7 Å². The summed E-state index contributed by atoms with van der Waals surface area (Å²) in [5, 5.41) is 5.56. The first-order valence-electron chi connectivity index (χ1n) is 9.59. The van der Waals surface area contributed by atoms with Gasteiger partial charge in [0.05, 0.1) is 35.6 Å². The molecule has 3 aromatic rings. The molecule has 4 rings (SSSR count). The van der Waals surface area contributed by atoms with Crippen LogP contribution in [0.1, 0.15) is 23.3 Å². The van der Waals surface area contributed by atoms with Crippen molar-refractivity contribution >= 4 is 29.1 Å². The van der Waals surface area contributed by atoms with Crippen molar-refractivity contribution in [3.63, 3.8) is 0 Å². The molecule has 6 nitrogen and oxygen atoms in total. The highest BCUT2D eigenvalue weighted by Crippen LogP contribution is 2.34. The minimum Gasteiger partial charge on any atom is -0.497 e. The number of nitrogens with zero attached hydrogens (tertiary/aromatic N) is 3. The molecule has 1 aromatic heterocycles. The summed E-state index contributed by atoms with van der Waals surface area (Å²) in [6.07, 6.45) is 2.01. The summed E-state index contributed by atoms with van der Waals surface area (Å²) in [7, 11) is 3.19. The van der Waals surface area contributed by atoms with Gasteiger partial charge >= 0.3 is 0 Å². The van der Waals surface area contributed by atoms with Crippen molar-refractivity contribution in [2.24, 2.45) is 0 Å². The first kappa shape index (κ1) is 20.6. The van der Waals surface area contributed by atoms with E-state index in [4.69, 9.17) is 37.8 Å². The molecule has 0 spiro atoms. The quantitative estimate of drug-likeness (QED) is 0.547. The molecule has 8 heteroatoms. The molecule has 2 aromatic carbocycles. The number of carbonyl (C=O) groups is 1. The zero-order valence-electron chi connectivity index (χ0n) is 16.7. The molecule has 1 saturated heterocycles. The molecule has 0 bridgehead atoms. The number of amides is 1. The van der Waals surface area contributed by atoms with E-state index in [1.54, 1.807) is 49.2 Å². The van der Waals surface area contributed by atoms with E-state index in [9.17, 15) is 4.79 Å². The molecule has 0 aliphatic carbocycles. The maximum Gasteiger partial charge on any atom is 0.272 e. The van der Waals surface area contributed by atoms with Gasteiger partial charge < -0.3 is 14.4 Å². The second kappa shape index (κ2) is 8.58. The molecule has 0 saturated carbocycles. The van der Waals surface area contributed by atoms with E-state index in [0.29, 0.717) is 38.6 Å². The molecule has 30 heavy (non-hydrogen) atoms. The van der Waals surface area contributed by atoms with Crippen LogP contribution in [-0.2, 0) is 0 Å². The van der Waals surface area contributed by atoms with Gasteiger partial charge in [-0.15, -0.1) is 0 Å². The van der Waals surface area contributed by atoms with Crippen molar-refractivity contribution < 1.29 is 14.3 Å². The van der Waals surface area contributed by atoms with Gasteiger partial charge in [0, 0.05) is 24.7 Å². The normalized spacial score (nSPS) is 13.5. The molecule has 0 radical (unpaired) electrons. The van der Waals surface area contributed by atoms with E-state index < -0.39 is 0 Å². The number of rotatable bonds is 5. The van der Waals surface area contributed by atoms with Crippen LogP contribution in [0.3, 0.4) is 0 Å². The van der Waals surface area contributed by atoms with Crippen LogP contribution in [-0.4, -0.2) is 47.9 Å². The van der Waals surface area contributed by atoms with Gasteiger partial charge in [-0.05, 0) is 49.2 Å². The zero-order chi connectivity index (χ0) is 21.3. The second-order valence-electron chi connectivity index (χ2n) is 6.99. The molecular weight excluding hydrogens is 425 g/mol. The lowest BCUT2D eigenvalue weighted by Gasteiger charge is -2.16. The lowest BCUT2D eigenvalue weighted by atomic mass is 10.1. The van der Waals surface area contributed by atoms with Crippen molar-refractivity contribution in [3.8, 4) is 28.4 Å². The number of carbonyl (C=O) groups excluding carboxylic acids is 1. The van der Waals surface area contributed by atoms with Crippen LogP contribution in [0.4, 0.5) is 0 Å². The standard InChI is InChI=1S/C22H21Cl2N3O3/c1-29-15-6-7-16(21(12-15)30-2)19-13-20(22(28)26-9-3-4-10-26)27(25-19)14-5-8-17(23)18(24)11-14/h5-8,11-13H,3-4,9-10H2,1-2H3. The van der Waals surface area contributed by atoms with Gasteiger partial charge in [-0.3, -0.25) is 4.79 Å². The predicted molar refractivity (Wildman–Crippen MR) is 117 cm³/mol. The predicted octanol–water partition coefficient (Wildman–Crippen LogP) is 5.10. The molecule has 156 valence electrons. The molecule has 1 fully saturated rings. The van der Waals surface area contributed by atoms with Crippen LogP contribution in [0.25, 0.3) is 16.9 Å². The number of aromatic nitrogens is 2. The van der Waals surface area contributed by atoms with E-state index in [-0.39, 0.29) is 5.91 Å². The fraction of sp³-hybridized carbons (Fsp3) is 0.273. The smallest absolute Gasteiger partial charge is 0.272 e. The lowest BCUT2D eigenvalue weighted by Crippen LogP contribution is -2.29. The summed E-state index contributed by atoms with van der Waals surface area (Å²) >= 11 is 12.3. The second-order valence-corrected chi connectivity index (χ2v) is 7.80. The Labute approximate surface area is 184 Å². The first-order chi connectivity index (χ1) is 14.5. The van der Waals surface area contributed by atoms with E-state index in [2.05, 4.69) is 0 Å². The Kier molecular flexibility index (Phi) is 5.88. The number of hydrogen-bond donors (Lipinski definition) is 0. The Balaban J connectivity index is 1.85. The van der Waals surface area contributed by atoms with Crippen LogP contribution < -0.4 is 9.47 Å². The van der Waals surface area contributed by atoms with Crippen LogP contribution >= 0.6 is 23.2 Å². The Bertz CT molecular complexity index is 1090. The SMILES string of the molecule is COc1ccc(-c2cc(C(=O)N3CCCC3)n(-c3ccc(Cl)c(Cl)c3)n2)c(OC)c1. The Morgan fingerprint density at radius 1 is 0.967 bits per heavy atom. The third kappa shape index (κ3) is 3.85. The Morgan fingerprint density at radius 3 is 2.40 bits per heavy atom. The number of halogens is 2. The Hall–Kier alpha value is -2.70. The van der Waals surface area contributed by atoms with Gasteiger partial charge in [0.2, 0.25) is 0 Å². The largest absolute Gasteiger partial charge is 0.497 e. The first-order valence-corrected chi connectivity index (χ1v) is 10.3. The van der Waals surface area contributed by atoms with Crippen LogP contribution in [0.2, 0.25) is 10.0 Å². The molecule has 1 amide bonds. The molecule has 0 N–H and O–H groups in total. The monoisotopic (exact) mass is 445 g/mol. The molecule has 1 aliphatic rings. The topological polar surface area (TPSA) is 56.6 Å². The summed E-state index contributed by atoms with van der Waals surface area (Å²) in [5.41, 5.74) is 2.49. The van der Waals surface area contributed by atoms with Crippen molar-refractivity contribution in [2.45, 2.75) is 12.8 Å². The minimum atomic E-state index is -0.0650. The van der Waals surface area contributed by atoms with Crippen molar-refractivity contribution in [3.05, 3.63) is 58.2 Å². The van der Waals surface area contributed by atoms with Gasteiger partial charge in [0.1, 0.15) is 17.2 Å². The Morgan fingerprint density at radius 2 is 1.73 bits per heavy atom. The summed E-state index contributed by atoms with van der Waals surface area (Å²) in [4.78, 5) is 15.1. The van der Waals surface area contributed by atoms with Crippen molar-refractivity contribution in [1.29, 1.82) is 0 Å². The van der Waals surface area contributed by atoms with Crippen LogP contribution in [0.15, 0.2) is 42.5 Å². The minimum absolute atomic E-state index is 0.0650. The van der Waals surface area contributed by atoms with Gasteiger partial charge in [0.25, 0.3) is 5.91 Å². The maximum atomic E-state index is 13.2. The van der Waals surface area contributed by atoms with E-state index in [1.807, 2.05) is 17.0 Å². The highest BCUT2D eigenvalue weighted by Gasteiger charge is 2.26. The number of likely N-dealkylation sites (tertiary alicyclic amines) is 1. The van der Waals surface area contributed by atoms with Gasteiger partial charge in [-0.1, -0.05) is 23.2 Å². The highest BCUT2D eigenvalue weighted by atomic mass is 35.5. The van der Waals surface area contributed by atoms with E-state index in [1.165, 1.54) is 0 Å². The number of methoxy groups -OCH3 is 2. The van der Waals surface area contributed by atoms with Crippen LogP contribution in [0, 0.1) is 0 Å². The summed E-state index contributed by atoms with van der Waals surface area (Å²) < 4.78 is 12.4. The summed E-state index contributed by atoms with van der Waals surface area (Å²) in [6, 6.07) is 12.5. The summed E-state index contributed by atoms with van der Waals surface area (Å²) in [5.74, 6) is 1.21. The maximum absolute atomic E-state index is 13.2. The molecule has 2 heterocycles. The van der Waals surface area contributed by atoms with Gasteiger partial charge in [-0.25, -0.2) is 4.68 Å². The average molecular weight is 446 g/mol. The molecule has 0 atom stereocenters. The zero-order valence-corrected chi connectivity index (χ0v) is 18.2. The fourth-order valence-electron chi connectivity index (χ4n) is 3.57. The summed E-state index contributed by atoms with van der Waals surface area (Å²) in [6.45, 7) is 1.49. The number of ether oxygens (including phenoxy) is 2. The number of hydrogen-bond acceptors (Lipinski definition) is 4. The third-order valence-electron chi connectivity index (χ3n) is 5.15. The van der Waals surface area contributed by atoms with Gasteiger partial charge in [0.15, 0.2) is 0 Å². The lowest BCUT2D eigenvalue weighted by molar-refractivity contribution is 0.0784. The molecular formula is C22H21Cl2N3O3. The molecule has 1 aliphatic heterocycles. The van der Waals surface area contributed by atoms with E-state index in [0.717, 1.165) is 31.5 Å².